The predicted octanol–water partition coefficient (Wildman–Crippen LogP) is 11.5. The molecule has 52 heavy (non-hydrogen) atoms. The summed E-state index contributed by atoms with van der Waals surface area (Å²) in [6.45, 7) is 2.12. The number of aromatic nitrogens is 5. The van der Waals surface area contributed by atoms with Crippen LogP contribution in [0.2, 0.25) is 0 Å². The molecule has 10 rings (SSSR count). The van der Waals surface area contributed by atoms with Crippen molar-refractivity contribution in [3.8, 4) is 45.5 Å². The van der Waals surface area contributed by atoms with Gasteiger partial charge in [-0.25, -0.2) is 19.3 Å². The number of benzene rings is 7. The van der Waals surface area contributed by atoms with Crippen LogP contribution in [-0.2, 0) is 0 Å². The van der Waals surface area contributed by atoms with E-state index in [-0.39, 0.29) is 5.82 Å². The summed E-state index contributed by atoms with van der Waals surface area (Å²) in [5, 5.41) is 4.66. The smallest absolute Gasteiger partial charge is 0.164 e. The van der Waals surface area contributed by atoms with E-state index in [2.05, 4.69) is 94.9 Å². The Bertz CT molecular complexity index is 2910. The van der Waals surface area contributed by atoms with Gasteiger partial charge >= 0.3 is 0 Å². The van der Waals surface area contributed by atoms with E-state index in [9.17, 15) is 4.39 Å². The number of rotatable bonds is 5. The average molecular weight is 672 g/mol. The number of fused-ring (bicyclic) bond motifs is 6. The van der Waals surface area contributed by atoms with Gasteiger partial charge < -0.3 is 9.13 Å². The molecule has 0 aliphatic rings. The van der Waals surface area contributed by atoms with Crippen LogP contribution in [0.3, 0.4) is 0 Å². The summed E-state index contributed by atoms with van der Waals surface area (Å²) in [6, 6.07) is 54.9. The second kappa shape index (κ2) is 11.9. The first-order chi connectivity index (χ1) is 25.6. The second-order valence-electron chi connectivity index (χ2n) is 13.1. The Morgan fingerprint density at radius 2 is 0.885 bits per heavy atom. The highest BCUT2D eigenvalue weighted by atomic mass is 19.1. The summed E-state index contributed by atoms with van der Waals surface area (Å²) < 4.78 is 18.6. The zero-order valence-corrected chi connectivity index (χ0v) is 28.2. The number of para-hydroxylation sites is 2. The molecule has 0 saturated carbocycles. The van der Waals surface area contributed by atoms with Gasteiger partial charge in [0.25, 0.3) is 0 Å². The van der Waals surface area contributed by atoms with Crippen LogP contribution in [0, 0.1) is 12.7 Å². The Kier molecular flexibility index (Phi) is 6.83. The number of aryl methyl sites for hydroxylation is 1. The lowest BCUT2D eigenvalue weighted by atomic mass is 10.1. The highest BCUT2D eigenvalue weighted by molar-refractivity contribution is 6.19. The SMILES string of the molecule is Cc1cc(-n2c3ccccc3c3cc4c5ccccc5n(-c5ccc(F)cc5)c4cc32)ccc1-c1nc(-c2ccccc2)nc(-c2ccccc2)n1. The van der Waals surface area contributed by atoms with Crippen LogP contribution in [-0.4, -0.2) is 24.1 Å². The van der Waals surface area contributed by atoms with E-state index in [4.69, 9.17) is 15.0 Å². The predicted molar refractivity (Wildman–Crippen MR) is 210 cm³/mol. The molecular weight excluding hydrogens is 642 g/mol. The van der Waals surface area contributed by atoms with Crippen molar-refractivity contribution < 1.29 is 4.39 Å². The second-order valence-corrected chi connectivity index (χ2v) is 13.1. The molecule has 6 heteroatoms. The molecule has 246 valence electrons. The summed E-state index contributed by atoms with van der Waals surface area (Å²) in [5.41, 5.74) is 10.2. The molecule has 5 nitrogen and oxygen atoms in total. The molecule has 0 spiro atoms. The third-order valence-corrected chi connectivity index (χ3v) is 9.96. The number of hydrogen-bond acceptors (Lipinski definition) is 3. The van der Waals surface area contributed by atoms with E-state index >= 15 is 0 Å². The van der Waals surface area contributed by atoms with Crippen LogP contribution in [0.4, 0.5) is 4.39 Å². The minimum atomic E-state index is -0.254. The largest absolute Gasteiger partial charge is 0.309 e. The fraction of sp³-hybridized carbons (Fsp3) is 0.0217. The molecule has 3 aromatic heterocycles. The van der Waals surface area contributed by atoms with Crippen molar-refractivity contribution in [2.24, 2.45) is 0 Å². The highest BCUT2D eigenvalue weighted by Gasteiger charge is 2.20. The van der Waals surface area contributed by atoms with E-state index in [0.717, 1.165) is 66.5 Å². The standard InChI is InChI=1S/C46H30FN5/c1-29-26-34(24-25-35(29)46-49-44(30-12-4-2-5-13-30)48-45(50-46)31-14-6-3-7-15-31)52-41-19-11-9-17-37(41)39-27-38-36-16-8-10-18-40(36)51(42(38)28-43(39)52)33-22-20-32(47)21-23-33/h2-28H,1H3. The molecule has 0 fully saturated rings. The van der Waals surface area contributed by atoms with Crippen LogP contribution >= 0.6 is 0 Å². The maximum absolute atomic E-state index is 14.1. The van der Waals surface area contributed by atoms with Crippen LogP contribution in [0.15, 0.2) is 164 Å². The van der Waals surface area contributed by atoms with E-state index in [0.29, 0.717) is 17.5 Å². The van der Waals surface area contributed by atoms with Gasteiger partial charge in [0.05, 0.1) is 22.1 Å². The lowest BCUT2D eigenvalue weighted by molar-refractivity contribution is 0.627. The Labute approximate surface area is 298 Å². The Hall–Kier alpha value is -6.92. The number of halogens is 1. The van der Waals surface area contributed by atoms with Gasteiger partial charge in [-0.3, -0.25) is 0 Å². The lowest BCUT2D eigenvalue weighted by Crippen LogP contribution is -2.02. The molecule has 0 amide bonds. The van der Waals surface area contributed by atoms with Gasteiger partial charge in [0.2, 0.25) is 0 Å². The van der Waals surface area contributed by atoms with Crippen molar-refractivity contribution in [2.75, 3.05) is 0 Å². The molecule has 10 aromatic rings. The minimum Gasteiger partial charge on any atom is -0.309 e. The number of nitrogens with zero attached hydrogens (tertiary/aromatic N) is 5. The van der Waals surface area contributed by atoms with Gasteiger partial charge in [-0.1, -0.05) is 97.1 Å². The van der Waals surface area contributed by atoms with E-state index in [1.165, 1.54) is 22.9 Å². The summed E-state index contributed by atoms with van der Waals surface area (Å²) in [4.78, 5) is 14.9. The molecule has 7 aromatic carbocycles. The van der Waals surface area contributed by atoms with Crippen molar-refractivity contribution in [3.05, 3.63) is 175 Å². The first kappa shape index (κ1) is 29.9. The fourth-order valence-corrected chi connectivity index (χ4v) is 7.54. The van der Waals surface area contributed by atoms with E-state index in [1.807, 2.05) is 72.8 Å². The topological polar surface area (TPSA) is 48.5 Å². The molecular formula is C46H30FN5. The molecule has 0 saturated heterocycles. The Balaban J connectivity index is 1.18. The summed E-state index contributed by atoms with van der Waals surface area (Å²) in [5.74, 6) is 1.65. The highest BCUT2D eigenvalue weighted by Crippen LogP contribution is 2.40. The summed E-state index contributed by atoms with van der Waals surface area (Å²) in [7, 11) is 0. The quantitative estimate of drug-likeness (QED) is 0.183. The van der Waals surface area contributed by atoms with Crippen molar-refractivity contribution in [1.82, 2.24) is 24.1 Å². The van der Waals surface area contributed by atoms with Gasteiger partial charge in [0, 0.05) is 49.6 Å². The van der Waals surface area contributed by atoms with Gasteiger partial charge in [-0.05, 0) is 79.2 Å². The molecule has 0 aliphatic heterocycles. The van der Waals surface area contributed by atoms with Crippen molar-refractivity contribution in [3.63, 3.8) is 0 Å². The fourth-order valence-electron chi connectivity index (χ4n) is 7.54. The van der Waals surface area contributed by atoms with Crippen LogP contribution in [0.25, 0.3) is 89.2 Å². The average Bonchev–Trinajstić information content (AvgIpc) is 3.70. The molecule has 0 radical (unpaired) electrons. The lowest BCUT2D eigenvalue weighted by Gasteiger charge is -2.13. The Morgan fingerprint density at radius 3 is 1.44 bits per heavy atom. The van der Waals surface area contributed by atoms with E-state index in [1.54, 1.807) is 0 Å². The molecule has 0 atom stereocenters. The first-order valence-electron chi connectivity index (χ1n) is 17.3. The molecule has 0 unspecified atom stereocenters. The minimum absolute atomic E-state index is 0.254. The van der Waals surface area contributed by atoms with Crippen molar-refractivity contribution >= 4 is 43.6 Å². The summed E-state index contributed by atoms with van der Waals surface area (Å²) >= 11 is 0. The van der Waals surface area contributed by atoms with Crippen LogP contribution in [0.1, 0.15) is 5.56 Å². The van der Waals surface area contributed by atoms with Crippen LogP contribution in [0.5, 0.6) is 0 Å². The number of hydrogen-bond donors (Lipinski definition) is 0. The zero-order valence-electron chi connectivity index (χ0n) is 28.2. The van der Waals surface area contributed by atoms with Crippen LogP contribution < -0.4 is 0 Å². The normalized spacial score (nSPS) is 11.7. The first-order valence-corrected chi connectivity index (χ1v) is 17.3. The maximum Gasteiger partial charge on any atom is 0.164 e. The van der Waals surface area contributed by atoms with Gasteiger partial charge in [-0.15, -0.1) is 0 Å². The Morgan fingerprint density at radius 1 is 0.404 bits per heavy atom. The molecule has 0 aliphatic carbocycles. The third kappa shape index (κ3) is 4.80. The van der Waals surface area contributed by atoms with Crippen molar-refractivity contribution in [1.29, 1.82) is 0 Å². The molecule has 3 heterocycles. The maximum atomic E-state index is 14.1. The van der Waals surface area contributed by atoms with Gasteiger partial charge in [0.15, 0.2) is 17.5 Å². The van der Waals surface area contributed by atoms with E-state index < -0.39 is 0 Å². The molecule has 0 N–H and O–H groups in total. The van der Waals surface area contributed by atoms with Crippen molar-refractivity contribution in [2.45, 2.75) is 6.92 Å². The summed E-state index contributed by atoms with van der Waals surface area (Å²) in [6.07, 6.45) is 0. The third-order valence-electron chi connectivity index (χ3n) is 9.96. The van der Waals surface area contributed by atoms with Gasteiger partial charge in [-0.2, -0.15) is 0 Å². The monoisotopic (exact) mass is 671 g/mol. The van der Waals surface area contributed by atoms with Gasteiger partial charge in [0.1, 0.15) is 5.82 Å². The molecule has 0 bridgehead atoms. The zero-order chi connectivity index (χ0) is 34.8.